The maximum Gasteiger partial charge on any atom is 0.331 e. The first-order chi connectivity index (χ1) is 25.8. The van der Waals surface area contributed by atoms with Crippen molar-refractivity contribution in [3.8, 4) is 0 Å². The number of hydrogen-bond donors (Lipinski definition) is 5. The highest BCUT2D eigenvalue weighted by Gasteiger charge is 2.52. The second-order valence-corrected chi connectivity index (χ2v) is 14.4. The predicted molar refractivity (Wildman–Crippen MR) is 198 cm³/mol. The molecule has 8 rings (SSSR count). The molecule has 2 saturated heterocycles. The quantitative estimate of drug-likeness (QED) is 0.123. The van der Waals surface area contributed by atoms with Gasteiger partial charge >= 0.3 is 5.97 Å². The number of amides is 3. The highest BCUT2D eigenvalue weighted by atomic mass is 16.5. The number of para-hydroxylation sites is 2. The van der Waals surface area contributed by atoms with Gasteiger partial charge in [0.15, 0.2) is 6.04 Å². The van der Waals surface area contributed by atoms with Crippen molar-refractivity contribution in [1.29, 1.82) is 0 Å². The lowest BCUT2D eigenvalue weighted by atomic mass is 9.86. The van der Waals surface area contributed by atoms with Crippen LogP contribution in [0.2, 0.25) is 0 Å². The number of nitrogens with zero attached hydrogens (tertiary/aromatic N) is 2. The molecule has 12 nitrogen and oxygen atoms in total. The molecule has 2 aromatic heterocycles. The minimum Gasteiger partial charge on any atom is -0.459 e. The van der Waals surface area contributed by atoms with E-state index in [1.807, 2.05) is 79.0 Å². The van der Waals surface area contributed by atoms with E-state index in [2.05, 4.69) is 26.7 Å². The highest BCUT2D eigenvalue weighted by molar-refractivity contribution is 5.99. The number of nitrogens with one attached hydrogen (secondary N) is 4. The SMILES string of the molecule is CC(O)C(NC(=O)[C@H](Cc1c[nH]c2ccccc12)NCC[C@H]1c2[nH]c3ccccc3c2C[C@H]2C(=O)N3CCC[C@H]3C(=O)N21)C(=O)OCc1ccccc1. The molecule has 274 valence electrons. The van der Waals surface area contributed by atoms with Crippen molar-refractivity contribution in [2.24, 2.45) is 0 Å². The van der Waals surface area contributed by atoms with Crippen LogP contribution in [0.1, 0.15) is 54.6 Å². The van der Waals surface area contributed by atoms with Crippen molar-refractivity contribution >= 4 is 45.5 Å². The van der Waals surface area contributed by atoms with Crippen LogP contribution in [0.15, 0.2) is 85.1 Å². The lowest BCUT2D eigenvalue weighted by Gasteiger charge is -2.48. The number of rotatable bonds is 12. The van der Waals surface area contributed by atoms with Crippen LogP contribution in [0.25, 0.3) is 21.8 Å². The number of hydrogen-bond acceptors (Lipinski definition) is 7. The van der Waals surface area contributed by atoms with E-state index in [9.17, 15) is 24.3 Å². The molecule has 3 aromatic carbocycles. The third-order valence-electron chi connectivity index (χ3n) is 11.1. The van der Waals surface area contributed by atoms with Crippen molar-refractivity contribution in [3.63, 3.8) is 0 Å². The van der Waals surface area contributed by atoms with Gasteiger partial charge in [-0.1, -0.05) is 66.7 Å². The molecule has 6 atom stereocenters. The molecule has 0 radical (unpaired) electrons. The third kappa shape index (κ3) is 6.57. The zero-order chi connectivity index (χ0) is 36.6. The van der Waals surface area contributed by atoms with Crippen LogP contribution < -0.4 is 10.6 Å². The number of carbonyl (C=O) groups is 4. The van der Waals surface area contributed by atoms with Gasteiger partial charge in [0.2, 0.25) is 17.7 Å². The molecule has 0 bridgehead atoms. The summed E-state index contributed by atoms with van der Waals surface area (Å²) in [6.07, 6.45) is 3.28. The van der Waals surface area contributed by atoms with Crippen LogP contribution in [0.5, 0.6) is 0 Å². The summed E-state index contributed by atoms with van der Waals surface area (Å²) in [4.78, 5) is 65.7. The first-order valence-corrected chi connectivity index (χ1v) is 18.5. The Morgan fingerprint density at radius 1 is 0.943 bits per heavy atom. The van der Waals surface area contributed by atoms with Gasteiger partial charge in [0.25, 0.3) is 0 Å². The molecule has 0 spiro atoms. The van der Waals surface area contributed by atoms with Crippen molar-refractivity contribution in [2.75, 3.05) is 13.1 Å². The van der Waals surface area contributed by atoms with E-state index < -0.39 is 48.2 Å². The van der Waals surface area contributed by atoms with Crippen LogP contribution in [0.4, 0.5) is 0 Å². The average molecular weight is 717 g/mol. The monoisotopic (exact) mass is 716 g/mol. The van der Waals surface area contributed by atoms with Gasteiger partial charge in [0.1, 0.15) is 18.7 Å². The fourth-order valence-electron chi connectivity index (χ4n) is 8.44. The zero-order valence-electron chi connectivity index (χ0n) is 29.6. The molecule has 5 N–H and O–H groups in total. The van der Waals surface area contributed by atoms with Crippen molar-refractivity contribution in [3.05, 3.63) is 107 Å². The Labute approximate surface area is 306 Å². The minimum atomic E-state index is -1.29. The number of piperazine rings is 1. The fraction of sp³-hybridized carbons (Fsp3) is 0.366. The molecule has 2 fully saturated rings. The number of aliphatic hydroxyl groups is 1. The van der Waals surface area contributed by atoms with Crippen LogP contribution in [-0.2, 0) is 43.4 Å². The van der Waals surface area contributed by atoms with Crippen molar-refractivity contribution in [1.82, 2.24) is 30.4 Å². The van der Waals surface area contributed by atoms with Crippen LogP contribution >= 0.6 is 0 Å². The van der Waals surface area contributed by atoms with E-state index in [0.717, 1.165) is 50.6 Å². The number of carbonyl (C=O) groups excluding carboxylic acids is 4. The summed E-state index contributed by atoms with van der Waals surface area (Å²) in [5.74, 6) is -1.24. The Hall–Kier alpha value is -5.46. The number of aliphatic hydroxyl groups excluding tert-OH is 1. The summed E-state index contributed by atoms with van der Waals surface area (Å²) in [7, 11) is 0. The molecule has 12 heteroatoms. The molecule has 53 heavy (non-hydrogen) atoms. The zero-order valence-corrected chi connectivity index (χ0v) is 29.6. The Bertz CT molecular complexity index is 2160. The van der Waals surface area contributed by atoms with Gasteiger partial charge in [0.05, 0.1) is 18.2 Å². The van der Waals surface area contributed by atoms with Crippen LogP contribution in [0.3, 0.4) is 0 Å². The number of aromatic amines is 2. The number of H-pyrrole nitrogens is 2. The number of benzene rings is 3. The predicted octanol–water partition coefficient (Wildman–Crippen LogP) is 3.65. The van der Waals surface area contributed by atoms with E-state index in [1.165, 1.54) is 6.92 Å². The van der Waals surface area contributed by atoms with Crippen molar-refractivity contribution in [2.45, 2.75) is 81.9 Å². The molecule has 3 aliphatic rings. The molecular formula is C41H44N6O6. The number of esters is 1. The summed E-state index contributed by atoms with van der Waals surface area (Å²) in [6.45, 7) is 2.36. The second-order valence-electron chi connectivity index (χ2n) is 14.4. The summed E-state index contributed by atoms with van der Waals surface area (Å²) in [5.41, 5.74) is 5.55. The average Bonchev–Trinajstić information content (AvgIpc) is 3.92. The lowest BCUT2D eigenvalue weighted by molar-refractivity contribution is -0.163. The second kappa shape index (κ2) is 14.5. The van der Waals surface area contributed by atoms with Gasteiger partial charge in [-0.2, -0.15) is 0 Å². The number of ether oxygens (including phenoxy) is 1. The largest absolute Gasteiger partial charge is 0.459 e. The summed E-state index contributed by atoms with van der Waals surface area (Å²) in [6, 6.07) is 21.5. The van der Waals surface area contributed by atoms with Gasteiger partial charge in [-0.3, -0.25) is 14.4 Å². The Morgan fingerprint density at radius 2 is 1.68 bits per heavy atom. The van der Waals surface area contributed by atoms with E-state index in [1.54, 1.807) is 9.80 Å². The first-order valence-electron chi connectivity index (χ1n) is 18.5. The standard InChI is InChI=1S/C41H44N6O6/c1-24(48)36(41(52)53-23-25-10-3-2-4-11-25)45-38(49)32(20-26-22-43-30-14-7-5-12-27(26)30)42-18-17-33-37-29(28-13-6-8-15-31(28)44-37)21-35-39(50)46-19-9-16-34(46)40(51)47(33)35/h2-8,10-15,22,24,32-36,42-44,48H,9,16-21,23H2,1H3,(H,45,49)/t24?,32-,33-,34-,35-,36?/m0/s1. The van der Waals surface area contributed by atoms with Crippen LogP contribution in [0, 0.1) is 0 Å². The molecule has 5 heterocycles. The van der Waals surface area contributed by atoms with Gasteiger partial charge in [-0.25, -0.2) is 4.79 Å². The smallest absolute Gasteiger partial charge is 0.331 e. The Balaban J connectivity index is 1.05. The molecule has 3 aliphatic heterocycles. The Morgan fingerprint density at radius 3 is 2.47 bits per heavy atom. The van der Waals surface area contributed by atoms with E-state index in [-0.39, 0.29) is 24.8 Å². The maximum absolute atomic E-state index is 14.1. The summed E-state index contributed by atoms with van der Waals surface area (Å²) in [5, 5.41) is 18.8. The van der Waals surface area contributed by atoms with Gasteiger partial charge < -0.3 is 40.2 Å². The number of fused-ring (bicyclic) bond motifs is 6. The number of aromatic nitrogens is 2. The molecule has 3 amide bonds. The molecule has 0 saturated carbocycles. The molecule has 0 aliphatic carbocycles. The summed E-state index contributed by atoms with van der Waals surface area (Å²) < 4.78 is 5.50. The van der Waals surface area contributed by atoms with Crippen LogP contribution in [-0.4, -0.2) is 91.9 Å². The molecular weight excluding hydrogens is 672 g/mol. The topological polar surface area (TPSA) is 160 Å². The lowest BCUT2D eigenvalue weighted by Crippen LogP contribution is -2.65. The first kappa shape index (κ1) is 34.6. The van der Waals surface area contributed by atoms with Crippen molar-refractivity contribution < 1.29 is 29.0 Å². The van der Waals surface area contributed by atoms with Gasteiger partial charge in [-0.15, -0.1) is 0 Å². The van der Waals surface area contributed by atoms with E-state index in [4.69, 9.17) is 4.74 Å². The Kier molecular flexibility index (Phi) is 9.48. The van der Waals surface area contributed by atoms with Gasteiger partial charge in [0, 0.05) is 46.7 Å². The fourth-order valence-corrected chi connectivity index (χ4v) is 8.44. The normalized spacial score (nSPS) is 21.2. The van der Waals surface area contributed by atoms with E-state index in [0.29, 0.717) is 32.4 Å². The molecule has 5 aromatic rings. The minimum absolute atomic E-state index is 0.000830. The van der Waals surface area contributed by atoms with Gasteiger partial charge in [-0.05, 0) is 68.0 Å². The molecule has 2 unspecified atom stereocenters. The van der Waals surface area contributed by atoms with E-state index >= 15 is 0 Å². The summed E-state index contributed by atoms with van der Waals surface area (Å²) >= 11 is 0. The highest BCUT2D eigenvalue weighted by Crippen LogP contribution is 2.43. The third-order valence-corrected chi connectivity index (χ3v) is 11.1. The maximum atomic E-state index is 14.1.